The van der Waals surface area contributed by atoms with Crippen LogP contribution in [0.4, 0.5) is 0 Å². The van der Waals surface area contributed by atoms with Crippen LogP contribution < -0.4 is 14.8 Å². The van der Waals surface area contributed by atoms with Crippen LogP contribution in [0.1, 0.15) is 44.6 Å². The molecule has 1 aliphatic heterocycles. The Morgan fingerprint density at radius 3 is 2.89 bits per heavy atom. The van der Waals surface area contributed by atoms with Gasteiger partial charge in [-0.1, -0.05) is 12.5 Å². The van der Waals surface area contributed by atoms with Crippen LogP contribution in [0, 0.1) is 0 Å². The van der Waals surface area contributed by atoms with E-state index in [1.165, 1.54) is 6.08 Å². The summed E-state index contributed by atoms with van der Waals surface area (Å²) in [6, 6.07) is 5.54. The first-order valence-electron chi connectivity index (χ1n) is 9.68. The van der Waals surface area contributed by atoms with E-state index in [0.717, 1.165) is 37.8 Å². The van der Waals surface area contributed by atoms with Crippen molar-refractivity contribution in [1.82, 2.24) is 10.2 Å². The van der Waals surface area contributed by atoms with Gasteiger partial charge in [-0.25, -0.2) is 0 Å². The van der Waals surface area contributed by atoms with E-state index in [1.807, 2.05) is 30.0 Å². The molecule has 0 aliphatic carbocycles. The van der Waals surface area contributed by atoms with Crippen LogP contribution in [0.3, 0.4) is 0 Å². The smallest absolute Gasteiger partial charge is 0.244 e. The normalized spacial score (nSPS) is 14.9. The summed E-state index contributed by atoms with van der Waals surface area (Å²) in [6.07, 6.45) is 7.86. The van der Waals surface area contributed by atoms with Crippen molar-refractivity contribution >= 4 is 17.9 Å². The van der Waals surface area contributed by atoms with Crippen molar-refractivity contribution in [3.8, 4) is 11.5 Å². The SMILES string of the molecule is CCOc1ccc(/C=C/C(=O)NCCCN2CCCCCC2=O)cc1OC. The lowest BCUT2D eigenvalue weighted by Crippen LogP contribution is -2.33. The molecule has 0 saturated carbocycles. The van der Waals surface area contributed by atoms with E-state index < -0.39 is 0 Å². The molecule has 1 aliphatic rings. The molecule has 0 atom stereocenters. The second kappa shape index (κ2) is 11.3. The molecule has 0 bridgehead atoms. The second-order valence-corrected chi connectivity index (χ2v) is 6.51. The second-order valence-electron chi connectivity index (χ2n) is 6.51. The number of carbonyl (C=O) groups excluding carboxylic acids is 2. The number of amides is 2. The third kappa shape index (κ3) is 6.96. The minimum atomic E-state index is -0.148. The van der Waals surface area contributed by atoms with Crippen molar-refractivity contribution < 1.29 is 19.1 Å². The molecular weight excluding hydrogens is 344 g/mol. The van der Waals surface area contributed by atoms with Crippen molar-refractivity contribution in [3.63, 3.8) is 0 Å². The van der Waals surface area contributed by atoms with E-state index in [4.69, 9.17) is 9.47 Å². The van der Waals surface area contributed by atoms with E-state index in [-0.39, 0.29) is 11.8 Å². The van der Waals surface area contributed by atoms with Gasteiger partial charge in [-0.3, -0.25) is 9.59 Å². The number of benzene rings is 1. The zero-order chi connectivity index (χ0) is 19.5. The summed E-state index contributed by atoms with van der Waals surface area (Å²) in [7, 11) is 1.59. The Morgan fingerprint density at radius 2 is 2.11 bits per heavy atom. The van der Waals surface area contributed by atoms with Crippen LogP contribution in [-0.2, 0) is 9.59 Å². The number of likely N-dealkylation sites (tertiary alicyclic amines) is 1. The van der Waals surface area contributed by atoms with Gasteiger partial charge in [-0.15, -0.1) is 0 Å². The Hall–Kier alpha value is -2.50. The molecule has 1 heterocycles. The Labute approximate surface area is 161 Å². The van der Waals surface area contributed by atoms with E-state index in [2.05, 4.69) is 5.32 Å². The van der Waals surface area contributed by atoms with Crippen LogP contribution in [0.15, 0.2) is 24.3 Å². The first kappa shape index (κ1) is 20.8. The van der Waals surface area contributed by atoms with Crippen LogP contribution >= 0.6 is 0 Å². The van der Waals surface area contributed by atoms with Crippen LogP contribution in [0.2, 0.25) is 0 Å². The number of hydrogen-bond donors (Lipinski definition) is 1. The van der Waals surface area contributed by atoms with Gasteiger partial charge in [-0.05, 0) is 50.0 Å². The van der Waals surface area contributed by atoms with Crippen molar-refractivity contribution in [2.45, 2.75) is 39.0 Å². The van der Waals surface area contributed by atoms with Gasteiger partial charge in [0.15, 0.2) is 11.5 Å². The van der Waals surface area contributed by atoms with Gasteiger partial charge < -0.3 is 19.7 Å². The number of rotatable bonds is 9. The number of nitrogens with one attached hydrogen (secondary N) is 1. The standard InChI is InChI=1S/C21H30N2O4/c1-3-27-18-11-9-17(16-19(18)26-2)10-12-20(24)22-13-7-15-23-14-6-4-5-8-21(23)25/h9-12,16H,3-8,13-15H2,1-2H3,(H,22,24)/b12-10+. The Kier molecular flexibility index (Phi) is 8.68. The van der Waals surface area contributed by atoms with Crippen molar-refractivity contribution in [1.29, 1.82) is 0 Å². The highest BCUT2D eigenvalue weighted by Crippen LogP contribution is 2.28. The van der Waals surface area contributed by atoms with E-state index in [0.29, 0.717) is 37.6 Å². The minimum Gasteiger partial charge on any atom is -0.493 e. The van der Waals surface area contributed by atoms with Gasteiger partial charge in [0.2, 0.25) is 11.8 Å². The molecule has 1 saturated heterocycles. The van der Waals surface area contributed by atoms with E-state index in [1.54, 1.807) is 13.2 Å². The lowest BCUT2D eigenvalue weighted by atomic mass is 10.2. The molecule has 27 heavy (non-hydrogen) atoms. The minimum absolute atomic E-state index is 0.148. The summed E-state index contributed by atoms with van der Waals surface area (Å²) in [4.78, 5) is 25.8. The Bertz CT molecular complexity index is 658. The van der Waals surface area contributed by atoms with Gasteiger partial charge in [-0.2, -0.15) is 0 Å². The number of hydrogen-bond acceptors (Lipinski definition) is 4. The molecule has 0 aromatic heterocycles. The quantitative estimate of drug-likeness (QED) is 0.533. The summed E-state index contributed by atoms with van der Waals surface area (Å²) in [5.41, 5.74) is 0.862. The maximum Gasteiger partial charge on any atom is 0.244 e. The van der Waals surface area contributed by atoms with Crippen molar-refractivity contribution in [3.05, 3.63) is 29.8 Å². The number of nitrogens with zero attached hydrogens (tertiary/aromatic N) is 1. The highest BCUT2D eigenvalue weighted by Gasteiger charge is 2.15. The lowest BCUT2D eigenvalue weighted by molar-refractivity contribution is -0.130. The van der Waals surface area contributed by atoms with Crippen molar-refractivity contribution in [2.24, 2.45) is 0 Å². The maximum atomic E-state index is 12.0. The van der Waals surface area contributed by atoms with Crippen LogP contribution in [0.25, 0.3) is 6.08 Å². The fourth-order valence-electron chi connectivity index (χ4n) is 3.05. The molecule has 148 valence electrons. The average Bonchev–Trinajstić information content (AvgIpc) is 2.88. The molecule has 0 radical (unpaired) electrons. The molecule has 1 aromatic rings. The molecule has 1 aromatic carbocycles. The zero-order valence-electron chi connectivity index (χ0n) is 16.3. The topological polar surface area (TPSA) is 67.9 Å². The van der Waals surface area contributed by atoms with Crippen molar-refractivity contribution in [2.75, 3.05) is 33.4 Å². The van der Waals surface area contributed by atoms with Gasteiger partial charge >= 0.3 is 0 Å². The molecule has 6 heteroatoms. The average molecular weight is 374 g/mol. The molecule has 2 rings (SSSR count). The molecule has 6 nitrogen and oxygen atoms in total. The lowest BCUT2D eigenvalue weighted by Gasteiger charge is -2.20. The molecule has 1 fully saturated rings. The van der Waals surface area contributed by atoms with Gasteiger partial charge in [0, 0.05) is 32.1 Å². The first-order valence-corrected chi connectivity index (χ1v) is 9.68. The monoisotopic (exact) mass is 374 g/mol. The third-order valence-electron chi connectivity index (χ3n) is 4.49. The van der Waals surface area contributed by atoms with Gasteiger partial charge in [0.25, 0.3) is 0 Å². The molecular formula is C21H30N2O4. The summed E-state index contributed by atoms with van der Waals surface area (Å²) < 4.78 is 10.8. The van der Waals surface area contributed by atoms with E-state index in [9.17, 15) is 9.59 Å². The Balaban J connectivity index is 1.75. The highest BCUT2D eigenvalue weighted by molar-refractivity contribution is 5.91. The summed E-state index contributed by atoms with van der Waals surface area (Å²) in [5.74, 6) is 1.42. The Morgan fingerprint density at radius 1 is 1.26 bits per heavy atom. The molecule has 1 N–H and O–H groups in total. The number of ether oxygens (including phenoxy) is 2. The molecule has 2 amide bonds. The van der Waals surface area contributed by atoms with E-state index >= 15 is 0 Å². The summed E-state index contributed by atoms with van der Waals surface area (Å²) >= 11 is 0. The fraction of sp³-hybridized carbons (Fsp3) is 0.524. The zero-order valence-corrected chi connectivity index (χ0v) is 16.3. The summed E-state index contributed by atoms with van der Waals surface area (Å²) in [5, 5.41) is 2.86. The first-order chi connectivity index (χ1) is 13.1. The summed E-state index contributed by atoms with van der Waals surface area (Å²) in [6.45, 7) is 4.59. The predicted octanol–water partition coefficient (Wildman–Crippen LogP) is 3.02. The molecule has 0 unspecified atom stereocenters. The highest BCUT2D eigenvalue weighted by atomic mass is 16.5. The predicted molar refractivity (Wildman–Crippen MR) is 106 cm³/mol. The van der Waals surface area contributed by atoms with Gasteiger partial charge in [0.1, 0.15) is 0 Å². The van der Waals surface area contributed by atoms with Crippen LogP contribution in [-0.4, -0.2) is 50.1 Å². The maximum absolute atomic E-state index is 12.0. The number of methoxy groups -OCH3 is 1. The largest absolute Gasteiger partial charge is 0.493 e. The number of carbonyl (C=O) groups is 2. The van der Waals surface area contributed by atoms with Crippen LogP contribution in [0.5, 0.6) is 11.5 Å². The fourth-order valence-corrected chi connectivity index (χ4v) is 3.05. The molecule has 0 spiro atoms. The van der Waals surface area contributed by atoms with Gasteiger partial charge in [0.05, 0.1) is 13.7 Å². The third-order valence-corrected chi connectivity index (χ3v) is 4.49.